The molecule has 0 amide bonds. The van der Waals surface area contributed by atoms with Gasteiger partial charge in [-0.3, -0.25) is 0 Å². The Morgan fingerprint density at radius 2 is 1.79 bits per heavy atom. The summed E-state index contributed by atoms with van der Waals surface area (Å²) in [7, 11) is 0. The fraction of sp³-hybridized carbons (Fsp3) is 0.533. The fourth-order valence-electron chi connectivity index (χ4n) is 2.96. The van der Waals surface area contributed by atoms with Crippen LogP contribution in [0.25, 0.3) is 0 Å². The fourth-order valence-corrected chi connectivity index (χ4v) is 3.17. The molecule has 0 spiro atoms. The molecule has 0 aromatic heterocycles. The number of halogens is 5. The molecule has 0 bridgehead atoms. The SMILES string of the molecule is Fc1ccc(OC2CC3CNCC3C2)c(Cl)c1.O=C(O)C(F)(F)F. The summed E-state index contributed by atoms with van der Waals surface area (Å²) in [6.45, 7) is 2.20. The molecule has 1 saturated heterocycles. The molecule has 2 aliphatic rings. The molecule has 134 valence electrons. The highest BCUT2D eigenvalue weighted by Gasteiger charge is 2.39. The maximum Gasteiger partial charge on any atom is 0.490 e. The van der Waals surface area contributed by atoms with Gasteiger partial charge >= 0.3 is 12.1 Å². The van der Waals surface area contributed by atoms with Crippen molar-refractivity contribution in [2.24, 2.45) is 11.8 Å². The first-order valence-electron chi connectivity index (χ1n) is 7.29. The van der Waals surface area contributed by atoms with E-state index in [9.17, 15) is 17.6 Å². The second kappa shape index (κ2) is 7.57. The molecule has 2 unspecified atom stereocenters. The Labute approximate surface area is 140 Å². The molecule has 1 aromatic carbocycles. The number of carboxylic acids is 1. The zero-order valence-corrected chi connectivity index (χ0v) is 13.2. The Morgan fingerprint density at radius 1 is 1.25 bits per heavy atom. The van der Waals surface area contributed by atoms with E-state index in [1.807, 2.05) is 0 Å². The van der Waals surface area contributed by atoms with Gasteiger partial charge in [-0.15, -0.1) is 0 Å². The maximum absolute atomic E-state index is 12.9. The number of hydrogen-bond acceptors (Lipinski definition) is 3. The van der Waals surface area contributed by atoms with E-state index < -0.39 is 12.1 Å². The average Bonchev–Trinajstić information content (AvgIpc) is 3.02. The van der Waals surface area contributed by atoms with Crippen molar-refractivity contribution in [3.8, 4) is 5.75 Å². The molecular weight excluding hydrogens is 354 g/mol. The number of benzene rings is 1. The van der Waals surface area contributed by atoms with Gasteiger partial charge in [0.15, 0.2) is 0 Å². The summed E-state index contributed by atoms with van der Waals surface area (Å²) >= 11 is 5.95. The maximum atomic E-state index is 12.9. The predicted molar refractivity (Wildman–Crippen MR) is 78.6 cm³/mol. The lowest BCUT2D eigenvalue weighted by Crippen LogP contribution is -2.21. The number of fused-ring (bicyclic) bond motifs is 1. The van der Waals surface area contributed by atoms with Crippen molar-refractivity contribution in [2.75, 3.05) is 13.1 Å². The quantitative estimate of drug-likeness (QED) is 0.783. The third kappa shape index (κ3) is 4.98. The molecule has 2 atom stereocenters. The number of alkyl halides is 3. The minimum absolute atomic E-state index is 0.232. The van der Waals surface area contributed by atoms with Crippen LogP contribution in [-0.4, -0.2) is 36.4 Å². The first kappa shape index (κ1) is 18.8. The second-order valence-corrected chi connectivity index (χ2v) is 6.17. The molecule has 1 aliphatic heterocycles. The van der Waals surface area contributed by atoms with Gasteiger partial charge in [-0.05, 0) is 56.0 Å². The number of carbonyl (C=O) groups is 1. The van der Waals surface area contributed by atoms with Crippen LogP contribution in [0.5, 0.6) is 5.75 Å². The summed E-state index contributed by atoms with van der Waals surface area (Å²) in [6.07, 6.45) is -2.70. The van der Waals surface area contributed by atoms with Crippen LogP contribution in [0, 0.1) is 17.7 Å². The lowest BCUT2D eigenvalue weighted by atomic mass is 10.0. The molecule has 9 heteroatoms. The Bertz CT molecular complexity index is 585. The van der Waals surface area contributed by atoms with Crippen LogP contribution in [0.15, 0.2) is 18.2 Å². The Hall–Kier alpha value is -1.54. The summed E-state index contributed by atoms with van der Waals surface area (Å²) in [5.41, 5.74) is 0. The van der Waals surface area contributed by atoms with Crippen molar-refractivity contribution < 1.29 is 32.2 Å². The van der Waals surface area contributed by atoms with Crippen LogP contribution in [0.1, 0.15) is 12.8 Å². The zero-order chi connectivity index (χ0) is 17.9. The third-order valence-corrected chi connectivity index (χ3v) is 4.34. The standard InChI is InChI=1S/C13H15ClFNO.C2HF3O2/c14-12-5-10(15)1-2-13(12)17-11-3-8-6-16-7-9(8)4-11;3-2(4,5)1(6)7/h1-2,5,8-9,11,16H,3-4,6-7H2;(H,6,7). The minimum atomic E-state index is -5.08. The number of aliphatic carboxylic acids is 1. The molecular formula is C15H16ClF4NO3. The summed E-state index contributed by atoms with van der Waals surface area (Å²) in [5.74, 6) is -1.01. The van der Waals surface area contributed by atoms with Crippen LogP contribution in [0.2, 0.25) is 5.02 Å². The van der Waals surface area contributed by atoms with Crippen molar-refractivity contribution in [1.82, 2.24) is 5.32 Å². The zero-order valence-electron chi connectivity index (χ0n) is 12.4. The van der Waals surface area contributed by atoms with Crippen molar-refractivity contribution in [3.63, 3.8) is 0 Å². The molecule has 3 rings (SSSR count). The normalized spacial score (nSPS) is 25.6. The molecule has 1 aromatic rings. The van der Waals surface area contributed by atoms with E-state index in [4.69, 9.17) is 26.2 Å². The smallest absolute Gasteiger partial charge is 0.489 e. The van der Waals surface area contributed by atoms with E-state index in [2.05, 4.69) is 5.32 Å². The Balaban J connectivity index is 0.000000256. The third-order valence-electron chi connectivity index (χ3n) is 4.04. The van der Waals surface area contributed by atoms with Crippen molar-refractivity contribution in [2.45, 2.75) is 25.1 Å². The summed E-state index contributed by atoms with van der Waals surface area (Å²) in [6, 6.07) is 4.30. The van der Waals surface area contributed by atoms with Crippen LogP contribution < -0.4 is 10.1 Å². The topological polar surface area (TPSA) is 58.6 Å². The van der Waals surface area contributed by atoms with E-state index >= 15 is 0 Å². The molecule has 1 heterocycles. The summed E-state index contributed by atoms with van der Waals surface area (Å²) in [4.78, 5) is 8.90. The van der Waals surface area contributed by atoms with Crippen LogP contribution in [-0.2, 0) is 4.79 Å². The number of ether oxygens (including phenoxy) is 1. The lowest BCUT2D eigenvalue weighted by Gasteiger charge is -2.15. The molecule has 24 heavy (non-hydrogen) atoms. The van der Waals surface area contributed by atoms with Crippen molar-refractivity contribution >= 4 is 17.6 Å². The van der Waals surface area contributed by atoms with Gasteiger partial charge in [0.25, 0.3) is 0 Å². The molecule has 1 saturated carbocycles. The largest absolute Gasteiger partial charge is 0.490 e. The number of carboxylic acid groups (broad SMARTS) is 1. The Kier molecular flexibility index (Phi) is 5.92. The van der Waals surface area contributed by atoms with Gasteiger partial charge < -0.3 is 15.2 Å². The second-order valence-electron chi connectivity index (χ2n) is 5.77. The number of rotatable bonds is 2. The summed E-state index contributed by atoms with van der Waals surface area (Å²) < 4.78 is 50.5. The van der Waals surface area contributed by atoms with Crippen molar-refractivity contribution in [1.29, 1.82) is 0 Å². The van der Waals surface area contributed by atoms with Gasteiger partial charge in [-0.1, -0.05) is 11.6 Å². The van der Waals surface area contributed by atoms with E-state index in [-0.39, 0.29) is 11.9 Å². The molecule has 0 radical (unpaired) electrons. The van der Waals surface area contributed by atoms with Gasteiger partial charge in [0.1, 0.15) is 11.6 Å². The monoisotopic (exact) mass is 369 g/mol. The highest BCUT2D eigenvalue weighted by Crippen LogP contribution is 2.37. The van der Waals surface area contributed by atoms with Gasteiger partial charge in [0.05, 0.1) is 11.1 Å². The van der Waals surface area contributed by atoms with Crippen molar-refractivity contribution in [3.05, 3.63) is 29.0 Å². The van der Waals surface area contributed by atoms with Gasteiger partial charge in [-0.2, -0.15) is 13.2 Å². The highest BCUT2D eigenvalue weighted by atomic mass is 35.5. The predicted octanol–water partition coefficient (Wildman–Crippen LogP) is 3.49. The molecule has 1 aliphatic carbocycles. The van der Waals surface area contributed by atoms with E-state index in [1.54, 1.807) is 6.07 Å². The molecule has 4 nitrogen and oxygen atoms in total. The highest BCUT2D eigenvalue weighted by molar-refractivity contribution is 6.32. The first-order chi connectivity index (χ1) is 11.2. The van der Waals surface area contributed by atoms with E-state index in [0.29, 0.717) is 10.8 Å². The summed E-state index contributed by atoms with van der Waals surface area (Å²) in [5, 5.41) is 10.9. The molecule has 2 N–H and O–H groups in total. The van der Waals surface area contributed by atoms with E-state index in [0.717, 1.165) is 37.8 Å². The Morgan fingerprint density at radius 3 is 2.25 bits per heavy atom. The van der Waals surface area contributed by atoms with Crippen LogP contribution >= 0.6 is 11.6 Å². The van der Waals surface area contributed by atoms with Gasteiger partial charge in [0, 0.05) is 0 Å². The average molecular weight is 370 g/mol. The number of nitrogens with one attached hydrogen (secondary N) is 1. The lowest BCUT2D eigenvalue weighted by molar-refractivity contribution is -0.192. The van der Waals surface area contributed by atoms with Gasteiger partial charge in [-0.25, -0.2) is 9.18 Å². The number of hydrogen-bond donors (Lipinski definition) is 2. The first-order valence-corrected chi connectivity index (χ1v) is 7.67. The minimum Gasteiger partial charge on any atom is -0.489 e. The van der Waals surface area contributed by atoms with E-state index in [1.165, 1.54) is 12.1 Å². The van der Waals surface area contributed by atoms with Crippen LogP contribution in [0.4, 0.5) is 17.6 Å². The van der Waals surface area contributed by atoms with Crippen LogP contribution in [0.3, 0.4) is 0 Å². The molecule has 2 fully saturated rings. The van der Waals surface area contributed by atoms with Gasteiger partial charge in [0.2, 0.25) is 0 Å².